The fourth-order valence-corrected chi connectivity index (χ4v) is 2.10. The van der Waals surface area contributed by atoms with Crippen LogP contribution in [0.4, 0.5) is 0 Å². The molecule has 0 saturated carbocycles. The van der Waals surface area contributed by atoms with Gasteiger partial charge in [0.05, 0.1) is 17.8 Å². The Balaban J connectivity index is 2.48. The average molecular weight is 279 g/mol. The molecular weight excluding hydrogens is 264 g/mol. The third-order valence-electron chi connectivity index (χ3n) is 2.76. The summed E-state index contributed by atoms with van der Waals surface area (Å²) in [6, 6.07) is 9.18. The van der Waals surface area contributed by atoms with E-state index in [1.807, 2.05) is 38.1 Å². The number of aromatic nitrogens is 2. The van der Waals surface area contributed by atoms with Crippen molar-refractivity contribution in [3.8, 4) is 5.69 Å². The Morgan fingerprint density at radius 2 is 2.16 bits per heavy atom. The van der Waals surface area contributed by atoms with Crippen molar-refractivity contribution in [3.63, 3.8) is 0 Å². The molecule has 0 spiro atoms. The van der Waals surface area contributed by atoms with E-state index in [2.05, 4.69) is 5.10 Å². The van der Waals surface area contributed by atoms with Crippen LogP contribution in [0.15, 0.2) is 30.3 Å². The van der Waals surface area contributed by atoms with Crippen LogP contribution in [0.25, 0.3) is 5.69 Å². The molecule has 1 heterocycles. The third-order valence-corrected chi connectivity index (χ3v) is 3.00. The maximum absolute atomic E-state index is 10.8. The second kappa shape index (κ2) is 5.45. The van der Waals surface area contributed by atoms with Gasteiger partial charge in [0, 0.05) is 10.7 Å². The fraction of sp³-hybridized carbons (Fsp3) is 0.286. The molecule has 1 aromatic heterocycles. The van der Waals surface area contributed by atoms with Gasteiger partial charge in [-0.25, -0.2) is 4.68 Å². The molecule has 0 atom stereocenters. The van der Waals surface area contributed by atoms with Crippen LogP contribution in [0, 0.1) is 0 Å². The molecule has 0 unspecified atom stereocenters. The first kappa shape index (κ1) is 13.6. The quantitative estimate of drug-likeness (QED) is 0.934. The van der Waals surface area contributed by atoms with Gasteiger partial charge in [-0.2, -0.15) is 5.10 Å². The zero-order valence-corrected chi connectivity index (χ0v) is 11.6. The normalized spacial score (nSPS) is 10.9. The largest absolute Gasteiger partial charge is 0.481 e. The monoisotopic (exact) mass is 278 g/mol. The number of benzene rings is 1. The number of aliphatic carboxylic acids is 1. The summed E-state index contributed by atoms with van der Waals surface area (Å²) in [5.41, 5.74) is 2.36. The van der Waals surface area contributed by atoms with E-state index in [1.54, 1.807) is 10.7 Å². The number of rotatable bonds is 4. The van der Waals surface area contributed by atoms with Crippen molar-refractivity contribution >= 4 is 17.6 Å². The Morgan fingerprint density at radius 1 is 1.42 bits per heavy atom. The fourth-order valence-electron chi connectivity index (χ4n) is 1.91. The minimum Gasteiger partial charge on any atom is -0.481 e. The van der Waals surface area contributed by atoms with E-state index in [9.17, 15) is 4.79 Å². The van der Waals surface area contributed by atoms with Gasteiger partial charge in [0.2, 0.25) is 0 Å². The first-order chi connectivity index (χ1) is 8.97. The molecule has 100 valence electrons. The maximum Gasteiger partial charge on any atom is 0.309 e. The molecule has 0 amide bonds. The molecule has 0 aliphatic rings. The summed E-state index contributed by atoms with van der Waals surface area (Å²) >= 11 is 5.98. The number of halogens is 1. The van der Waals surface area contributed by atoms with Crippen LogP contribution in [0.3, 0.4) is 0 Å². The molecule has 19 heavy (non-hydrogen) atoms. The number of hydrogen-bond donors (Lipinski definition) is 1. The van der Waals surface area contributed by atoms with Gasteiger partial charge in [0.1, 0.15) is 0 Å². The van der Waals surface area contributed by atoms with Crippen LogP contribution < -0.4 is 0 Å². The van der Waals surface area contributed by atoms with Crippen molar-refractivity contribution in [1.29, 1.82) is 0 Å². The van der Waals surface area contributed by atoms with Crippen LogP contribution in [0.1, 0.15) is 31.2 Å². The summed E-state index contributed by atoms with van der Waals surface area (Å²) in [7, 11) is 0. The molecule has 0 saturated heterocycles. The standard InChI is InChI=1S/C14H15ClN2O2/c1-9(2)13-7-11(8-14(18)19)16-17(13)12-5-3-4-10(15)6-12/h3-7,9H,8H2,1-2H3,(H,18,19). The lowest BCUT2D eigenvalue weighted by Crippen LogP contribution is -2.05. The minimum absolute atomic E-state index is 0.0761. The van der Waals surface area contributed by atoms with E-state index in [0.29, 0.717) is 10.7 Å². The first-order valence-electron chi connectivity index (χ1n) is 6.04. The van der Waals surface area contributed by atoms with Crippen LogP contribution in [0.5, 0.6) is 0 Å². The number of carboxylic acids is 1. The van der Waals surface area contributed by atoms with Gasteiger partial charge in [-0.1, -0.05) is 31.5 Å². The van der Waals surface area contributed by atoms with Crippen LogP contribution in [0.2, 0.25) is 5.02 Å². The second-order valence-electron chi connectivity index (χ2n) is 4.68. The van der Waals surface area contributed by atoms with Crippen molar-refractivity contribution in [1.82, 2.24) is 9.78 Å². The summed E-state index contributed by atoms with van der Waals surface area (Å²) < 4.78 is 1.76. The average Bonchev–Trinajstić information content (AvgIpc) is 2.72. The molecule has 4 nitrogen and oxygen atoms in total. The third kappa shape index (κ3) is 3.15. The Morgan fingerprint density at radius 3 is 2.74 bits per heavy atom. The molecular formula is C14H15ClN2O2. The lowest BCUT2D eigenvalue weighted by Gasteiger charge is -2.10. The lowest BCUT2D eigenvalue weighted by atomic mass is 10.1. The number of carbonyl (C=O) groups is 1. The number of nitrogens with zero attached hydrogens (tertiary/aromatic N) is 2. The highest BCUT2D eigenvalue weighted by Crippen LogP contribution is 2.22. The van der Waals surface area contributed by atoms with E-state index >= 15 is 0 Å². The van der Waals surface area contributed by atoms with E-state index in [-0.39, 0.29) is 12.3 Å². The highest BCUT2D eigenvalue weighted by atomic mass is 35.5. The SMILES string of the molecule is CC(C)c1cc(CC(=O)O)nn1-c1cccc(Cl)c1. The van der Waals surface area contributed by atoms with Gasteiger partial charge in [-0.15, -0.1) is 0 Å². The molecule has 0 aliphatic carbocycles. The summed E-state index contributed by atoms with van der Waals surface area (Å²) in [6.07, 6.45) is -0.0761. The Bertz CT molecular complexity index is 605. The van der Waals surface area contributed by atoms with Gasteiger partial charge in [0.25, 0.3) is 0 Å². The van der Waals surface area contributed by atoms with Gasteiger partial charge in [-0.3, -0.25) is 4.79 Å². The van der Waals surface area contributed by atoms with Crippen molar-refractivity contribution < 1.29 is 9.90 Å². The summed E-state index contributed by atoms with van der Waals surface area (Å²) in [5.74, 6) is -0.639. The Hall–Kier alpha value is -1.81. The van der Waals surface area contributed by atoms with E-state index in [4.69, 9.17) is 16.7 Å². The van der Waals surface area contributed by atoms with E-state index < -0.39 is 5.97 Å². The zero-order valence-electron chi connectivity index (χ0n) is 10.8. The molecule has 5 heteroatoms. The summed E-state index contributed by atoms with van der Waals surface area (Å²) in [5, 5.41) is 13.8. The summed E-state index contributed by atoms with van der Waals surface area (Å²) in [6.45, 7) is 4.09. The summed E-state index contributed by atoms with van der Waals surface area (Å²) in [4.78, 5) is 10.8. The van der Waals surface area contributed by atoms with Gasteiger partial charge >= 0.3 is 5.97 Å². The minimum atomic E-state index is -0.883. The predicted molar refractivity (Wildman–Crippen MR) is 74.0 cm³/mol. The molecule has 1 N–H and O–H groups in total. The van der Waals surface area contributed by atoms with Crippen LogP contribution >= 0.6 is 11.6 Å². The Kier molecular flexibility index (Phi) is 3.90. The maximum atomic E-state index is 10.8. The second-order valence-corrected chi connectivity index (χ2v) is 5.11. The van der Waals surface area contributed by atoms with Crippen LogP contribution in [-0.2, 0) is 11.2 Å². The molecule has 0 fully saturated rings. The molecule has 2 aromatic rings. The van der Waals surface area contributed by atoms with Gasteiger partial charge in [0.15, 0.2) is 0 Å². The lowest BCUT2D eigenvalue weighted by molar-refractivity contribution is -0.136. The predicted octanol–water partition coefficient (Wildman–Crippen LogP) is 3.28. The molecule has 0 radical (unpaired) electrons. The van der Waals surface area contributed by atoms with E-state index in [0.717, 1.165) is 11.4 Å². The zero-order chi connectivity index (χ0) is 14.0. The highest BCUT2D eigenvalue weighted by Gasteiger charge is 2.14. The van der Waals surface area contributed by atoms with Gasteiger partial charge < -0.3 is 5.11 Å². The van der Waals surface area contributed by atoms with Crippen molar-refractivity contribution in [2.75, 3.05) is 0 Å². The molecule has 2 rings (SSSR count). The Labute approximate surface area is 116 Å². The van der Waals surface area contributed by atoms with Gasteiger partial charge in [-0.05, 0) is 30.2 Å². The number of hydrogen-bond acceptors (Lipinski definition) is 2. The van der Waals surface area contributed by atoms with Crippen molar-refractivity contribution in [2.45, 2.75) is 26.2 Å². The van der Waals surface area contributed by atoms with Crippen molar-refractivity contribution in [2.24, 2.45) is 0 Å². The smallest absolute Gasteiger partial charge is 0.309 e. The molecule has 0 aliphatic heterocycles. The van der Waals surface area contributed by atoms with Crippen LogP contribution in [-0.4, -0.2) is 20.9 Å². The topological polar surface area (TPSA) is 55.1 Å². The molecule has 1 aromatic carbocycles. The molecule has 0 bridgehead atoms. The van der Waals surface area contributed by atoms with E-state index in [1.165, 1.54) is 0 Å². The highest BCUT2D eigenvalue weighted by molar-refractivity contribution is 6.30. The number of carboxylic acid groups (broad SMARTS) is 1. The van der Waals surface area contributed by atoms with Crippen molar-refractivity contribution in [3.05, 3.63) is 46.7 Å². The first-order valence-corrected chi connectivity index (χ1v) is 6.41.